The molecule has 0 bridgehead atoms. The Morgan fingerprint density at radius 1 is 0.958 bits per heavy atom. The third-order valence-electron chi connectivity index (χ3n) is 4.21. The molecule has 0 saturated carbocycles. The van der Waals surface area contributed by atoms with Gasteiger partial charge in [0, 0.05) is 52.7 Å². The Hall–Kier alpha value is -1.92. The largest absolute Gasteiger partial charge is 0.355 e. The zero-order valence-electron chi connectivity index (χ0n) is 14.5. The molecular weight excluding hydrogens is 304 g/mol. The first-order chi connectivity index (χ1) is 11.6. The molecule has 1 aliphatic rings. The monoisotopic (exact) mass is 332 g/mol. The van der Waals surface area contributed by atoms with E-state index in [2.05, 4.69) is 44.7 Å². The molecule has 0 atom stereocenters. The highest BCUT2D eigenvalue weighted by Gasteiger charge is 2.18. The van der Waals surface area contributed by atoms with Gasteiger partial charge < -0.3 is 15.5 Å². The van der Waals surface area contributed by atoms with Gasteiger partial charge in [0.05, 0.1) is 6.54 Å². The molecule has 1 aromatic carbocycles. The topological polar surface area (TPSA) is 64.7 Å². The van der Waals surface area contributed by atoms with Gasteiger partial charge in [-0.05, 0) is 12.0 Å². The maximum Gasteiger partial charge on any atom is 0.234 e. The van der Waals surface area contributed by atoms with E-state index in [0.29, 0.717) is 19.6 Å². The van der Waals surface area contributed by atoms with Gasteiger partial charge in [0.2, 0.25) is 11.8 Å². The summed E-state index contributed by atoms with van der Waals surface area (Å²) in [6.07, 6.45) is 1.07. The number of amides is 2. The summed E-state index contributed by atoms with van der Waals surface area (Å²) < 4.78 is 0. The normalized spacial score (nSPS) is 15.9. The van der Waals surface area contributed by atoms with Gasteiger partial charge in [0.25, 0.3) is 0 Å². The van der Waals surface area contributed by atoms with E-state index in [9.17, 15) is 9.59 Å². The lowest BCUT2D eigenvalue weighted by atomic mass is 10.1. The average Bonchev–Trinajstić information content (AvgIpc) is 2.59. The van der Waals surface area contributed by atoms with Gasteiger partial charge in [-0.2, -0.15) is 0 Å². The van der Waals surface area contributed by atoms with Crippen molar-refractivity contribution in [2.75, 3.05) is 52.4 Å². The van der Waals surface area contributed by atoms with Crippen LogP contribution in [0, 0.1) is 0 Å². The maximum absolute atomic E-state index is 11.9. The number of rotatable bonds is 8. The molecule has 1 aliphatic heterocycles. The Labute approximate surface area is 144 Å². The molecule has 6 heteroatoms. The van der Waals surface area contributed by atoms with E-state index >= 15 is 0 Å². The second-order valence-electron chi connectivity index (χ2n) is 6.19. The molecular formula is C18H28N4O2. The van der Waals surface area contributed by atoms with Crippen molar-refractivity contribution in [2.45, 2.75) is 13.3 Å². The number of benzene rings is 1. The van der Waals surface area contributed by atoms with Crippen molar-refractivity contribution in [2.24, 2.45) is 0 Å². The van der Waals surface area contributed by atoms with E-state index in [-0.39, 0.29) is 11.8 Å². The molecule has 6 nitrogen and oxygen atoms in total. The van der Waals surface area contributed by atoms with Crippen LogP contribution in [0.25, 0.3) is 0 Å². The fraction of sp³-hybridized carbons (Fsp3) is 0.556. The van der Waals surface area contributed by atoms with E-state index < -0.39 is 0 Å². The van der Waals surface area contributed by atoms with Crippen molar-refractivity contribution in [1.29, 1.82) is 0 Å². The van der Waals surface area contributed by atoms with E-state index in [4.69, 9.17) is 0 Å². The highest BCUT2D eigenvalue weighted by molar-refractivity contribution is 5.78. The maximum atomic E-state index is 11.9. The van der Waals surface area contributed by atoms with Crippen LogP contribution in [0.4, 0.5) is 0 Å². The van der Waals surface area contributed by atoms with Gasteiger partial charge in [-0.15, -0.1) is 0 Å². The molecule has 132 valence electrons. The van der Waals surface area contributed by atoms with E-state index in [1.807, 2.05) is 6.07 Å². The number of piperazine rings is 1. The Kier molecular flexibility index (Phi) is 7.71. The minimum atomic E-state index is -0.0733. The lowest BCUT2D eigenvalue weighted by molar-refractivity contribution is -0.123. The zero-order valence-corrected chi connectivity index (χ0v) is 14.5. The van der Waals surface area contributed by atoms with E-state index in [1.54, 1.807) is 0 Å². The lowest BCUT2D eigenvalue weighted by Crippen LogP contribution is -2.50. The van der Waals surface area contributed by atoms with Crippen LogP contribution < -0.4 is 10.6 Å². The van der Waals surface area contributed by atoms with Gasteiger partial charge in [0.15, 0.2) is 0 Å². The first-order valence-electron chi connectivity index (χ1n) is 8.63. The van der Waals surface area contributed by atoms with Crippen molar-refractivity contribution in [1.82, 2.24) is 20.4 Å². The number of hydrogen-bond donors (Lipinski definition) is 2. The average molecular weight is 332 g/mol. The standard InChI is InChI=1S/C18H28N4O2/c1-16(23)19-8-9-20-18(24)15-22-13-11-21(12-14-22)10-7-17-5-3-2-4-6-17/h2-6H,7-15H2,1H3,(H,19,23)(H,20,24). The molecule has 2 amide bonds. The summed E-state index contributed by atoms with van der Waals surface area (Å²) in [4.78, 5) is 27.3. The fourth-order valence-electron chi connectivity index (χ4n) is 2.80. The molecule has 0 unspecified atom stereocenters. The Balaban J connectivity index is 1.57. The molecule has 24 heavy (non-hydrogen) atoms. The lowest BCUT2D eigenvalue weighted by Gasteiger charge is -2.34. The van der Waals surface area contributed by atoms with Crippen molar-refractivity contribution >= 4 is 11.8 Å². The van der Waals surface area contributed by atoms with Crippen molar-refractivity contribution in [3.63, 3.8) is 0 Å². The van der Waals surface area contributed by atoms with Crippen LogP contribution >= 0.6 is 0 Å². The Morgan fingerprint density at radius 2 is 1.58 bits per heavy atom. The van der Waals surface area contributed by atoms with Gasteiger partial charge in [0.1, 0.15) is 0 Å². The van der Waals surface area contributed by atoms with Gasteiger partial charge in [-0.1, -0.05) is 30.3 Å². The SMILES string of the molecule is CC(=O)NCCNC(=O)CN1CCN(CCc2ccccc2)CC1. The zero-order chi connectivity index (χ0) is 17.2. The fourth-order valence-corrected chi connectivity index (χ4v) is 2.80. The van der Waals surface area contributed by atoms with Gasteiger partial charge in [-0.25, -0.2) is 0 Å². The van der Waals surface area contributed by atoms with E-state index in [1.165, 1.54) is 12.5 Å². The molecule has 0 spiro atoms. The molecule has 1 heterocycles. The Morgan fingerprint density at radius 3 is 2.25 bits per heavy atom. The summed E-state index contributed by atoms with van der Waals surface area (Å²) in [6, 6.07) is 10.5. The molecule has 1 fully saturated rings. The van der Waals surface area contributed by atoms with Crippen LogP contribution in [0.15, 0.2) is 30.3 Å². The van der Waals surface area contributed by atoms with Crippen LogP contribution in [0.3, 0.4) is 0 Å². The summed E-state index contributed by atoms with van der Waals surface area (Å²) in [5.74, 6) is -0.0473. The number of nitrogens with zero attached hydrogens (tertiary/aromatic N) is 2. The second kappa shape index (κ2) is 10.1. The molecule has 2 rings (SSSR count). The smallest absolute Gasteiger partial charge is 0.234 e. The summed E-state index contributed by atoms with van der Waals surface area (Å²) in [7, 11) is 0. The Bertz CT molecular complexity index is 513. The van der Waals surface area contributed by atoms with Gasteiger partial charge in [-0.3, -0.25) is 14.5 Å². The van der Waals surface area contributed by atoms with Gasteiger partial charge >= 0.3 is 0 Å². The number of hydrogen-bond acceptors (Lipinski definition) is 4. The first-order valence-corrected chi connectivity index (χ1v) is 8.63. The summed E-state index contributed by atoms with van der Waals surface area (Å²) in [5, 5.41) is 5.50. The number of carbonyl (C=O) groups is 2. The quantitative estimate of drug-likeness (QED) is 0.663. The molecule has 0 aromatic heterocycles. The van der Waals surface area contributed by atoms with Crippen LogP contribution in [0.2, 0.25) is 0 Å². The molecule has 0 radical (unpaired) electrons. The number of nitrogens with one attached hydrogen (secondary N) is 2. The summed E-state index contributed by atoms with van der Waals surface area (Å²) in [6.45, 7) is 7.80. The number of carbonyl (C=O) groups excluding carboxylic acids is 2. The third-order valence-corrected chi connectivity index (χ3v) is 4.21. The minimum Gasteiger partial charge on any atom is -0.355 e. The highest BCUT2D eigenvalue weighted by Crippen LogP contribution is 2.05. The second-order valence-corrected chi connectivity index (χ2v) is 6.19. The molecule has 1 aromatic rings. The summed E-state index contributed by atoms with van der Waals surface area (Å²) in [5.41, 5.74) is 1.37. The minimum absolute atomic E-state index is 0.0260. The predicted octanol–water partition coefficient (Wildman–Crippen LogP) is 0.0990. The third kappa shape index (κ3) is 7.10. The van der Waals surface area contributed by atoms with E-state index in [0.717, 1.165) is 39.1 Å². The predicted molar refractivity (Wildman–Crippen MR) is 94.7 cm³/mol. The first kappa shape index (κ1) is 18.4. The molecule has 1 saturated heterocycles. The van der Waals surface area contributed by atoms with Crippen molar-refractivity contribution in [3.05, 3.63) is 35.9 Å². The van der Waals surface area contributed by atoms with Crippen molar-refractivity contribution < 1.29 is 9.59 Å². The van der Waals surface area contributed by atoms with Crippen LogP contribution in [-0.2, 0) is 16.0 Å². The van der Waals surface area contributed by atoms with Crippen LogP contribution in [-0.4, -0.2) is 74.0 Å². The summed E-state index contributed by atoms with van der Waals surface area (Å²) >= 11 is 0. The highest BCUT2D eigenvalue weighted by atomic mass is 16.2. The molecule has 2 N–H and O–H groups in total. The van der Waals surface area contributed by atoms with Crippen molar-refractivity contribution in [3.8, 4) is 0 Å². The van der Waals surface area contributed by atoms with Crippen LogP contribution in [0.1, 0.15) is 12.5 Å². The van der Waals surface area contributed by atoms with Crippen LogP contribution in [0.5, 0.6) is 0 Å². The molecule has 0 aliphatic carbocycles.